The molecule has 2 N–H and O–H groups in total. The van der Waals surface area contributed by atoms with E-state index in [-0.39, 0.29) is 5.56 Å². The van der Waals surface area contributed by atoms with Gasteiger partial charge in [-0.1, -0.05) is 25.1 Å². The highest BCUT2D eigenvalue weighted by atomic mass is 16.5. The molecule has 9 heteroatoms. The molecule has 0 saturated heterocycles. The van der Waals surface area contributed by atoms with Crippen LogP contribution in [0.25, 0.3) is 0 Å². The zero-order chi connectivity index (χ0) is 23.7. The number of ether oxygens (including phenoxy) is 4. The molecule has 0 heterocycles. The Morgan fingerprint density at radius 1 is 0.969 bits per heavy atom. The summed E-state index contributed by atoms with van der Waals surface area (Å²) in [5.74, 6) is -0.799. The Labute approximate surface area is 187 Å². The van der Waals surface area contributed by atoms with Gasteiger partial charge in [0.15, 0.2) is 18.1 Å². The van der Waals surface area contributed by atoms with Crippen molar-refractivity contribution >= 4 is 23.5 Å². The molecule has 172 valence electrons. The number of carbonyl (C=O) groups is 3. The number of nitrogens with one attached hydrogen (secondary N) is 2. The van der Waals surface area contributed by atoms with Gasteiger partial charge in [-0.25, -0.2) is 0 Å². The van der Waals surface area contributed by atoms with Crippen molar-refractivity contribution in [1.82, 2.24) is 5.32 Å². The van der Waals surface area contributed by atoms with Gasteiger partial charge in [-0.05, 0) is 36.6 Å². The van der Waals surface area contributed by atoms with Gasteiger partial charge in [-0.3, -0.25) is 14.4 Å². The highest BCUT2D eigenvalue weighted by Gasteiger charge is 2.18. The zero-order valence-electron chi connectivity index (χ0n) is 18.9. The van der Waals surface area contributed by atoms with Crippen molar-refractivity contribution in [2.75, 3.05) is 39.8 Å². The molecular formula is C23H28N2O7. The van der Waals surface area contributed by atoms with E-state index >= 15 is 0 Å². The van der Waals surface area contributed by atoms with E-state index in [9.17, 15) is 14.4 Å². The molecule has 0 unspecified atom stereocenters. The summed E-state index contributed by atoms with van der Waals surface area (Å²) >= 11 is 0. The molecule has 0 aliphatic rings. The lowest BCUT2D eigenvalue weighted by molar-refractivity contribution is -0.146. The van der Waals surface area contributed by atoms with Crippen LogP contribution in [0.5, 0.6) is 17.2 Å². The quantitative estimate of drug-likeness (QED) is 0.542. The van der Waals surface area contributed by atoms with Crippen LogP contribution in [0, 0.1) is 6.92 Å². The maximum Gasteiger partial charge on any atom is 0.325 e. The maximum atomic E-state index is 12.4. The average Bonchev–Trinajstić information content (AvgIpc) is 2.81. The number of carbonyl (C=O) groups excluding carboxylic acids is 3. The lowest BCUT2D eigenvalue weighted by Gasteiger charge is -2.14. The number of rotatable bonds is 10. The number of hydrogen-bond donors (Lipinski definition) is 2. The molecular weight excluding hydrogens is 416 g/mol. The normalized spacial score (nSPS) is 10.2. The highest BCUT2D eigenvalue weighted by molar-refractivity contribution is 5.98. The first-order chi connectivity index (χ1) is 15.3. The fourth-order valence-corrected chi connectivity index (χ4v) is 3.04. The Bertz CT molecular complexity index is 963. The van der Waals surface area contributed by atoms with Crippen LogP contribution in [-0.2, 0) is 20.7 Å². The van der Waals surface area contributed by atoms with Crippen molar-refractivity contribution in [2.45, 2.75) is 20.3 Å². The second-order valence-corrected chi connectivity index (χ2v) is 6.77. The number of methoxy groups -OCH3 is 3. The third-order valence-corrected chi connectivity index (χ3v) is 4.69. The van der Waals surface area contributed by atoms with Gasteiger partial charge in [0.2, 0.25) is 5.75 Å². The van der Waals surface area contributed by atoms with E-state index in [4.69, 9.17) is 18.9 Å². The molecule has 9 nitrogen and oxygen atoms in total. The minimum atomic E-state index is -0.749. The molecule has 0 saturated carbocycles. The standard InChI is InChI=1S/C23H28N2O7/c1-6-15-9-7-8-14(2)21(15)25-19(26)13-32-20(27)12-24-23(28)16-10-17(29-3)22(31-5)18(11-16)30-4/h7-11H,6,12-13H2,1-5H3,(H,24,28)(H,25,26). The lowest BCUT2D eigenvalue weighted by atomic mass is 10.1. The van der Waals surface area contributed by atoms with Gasteiger partial charge >= 0.3 is 5.97 Å². The molecule has 0 atom stereocenters. The number of amides is 2. The first-order valence-electron chi connectivity index (χ1n) is 9.96. The SMILES string of the molecule is CCc1cccc(C)c1NC(=O)COC(=O)CNC(=O)c1cc(OC)c(OC)c(OC)c1. The van der Waals surface area contributed by atoms with Gasteiger partial charge in [0.25, 0.3) is 11.8 Å². The molecule has 2 rings (SSSR count). The number of para-hydroxylation sites is 1. The topological polar surface area (TPSA) is 112 Å². The van der Waals surface area contributed by atoms with Crippen molar-refractivity contribution in [3.05, 3.63) is 47.0 Å². The van der Waals surface area contributed by atoms with E-state index in [1.165, 1.54) is 33.5 Å². The average molecular weight is 444 g/mol. The van der Waals surface area contributed by atoms with Crippen molar-refractivity contribution in [3.63, 3.8) is 0 Å². The molecule has 0 aliphatic heterocycles. The minimum absolute atomic E-state index is 0.205. The molecule has 2 amide bonds. The molecule has 2 aromatic carbocycles. The number of hydrogen-bond acceptors (Lipinski definition) is 7. The minimum Gasteiger partial charge on any atom is -0.493 e. The van der Waals surface area contributed by atoms with Crippen LogP contribution in [0.15, 0.2) is 30.3 Å². The summed E-state index contributed by atoms with van der Waals surface area (Å²) in [5.41, 5.74) is 2.83. The summed E-state index contributed by atoms with van der Waals surface area (Å²) in [6.45, 7) is 3.00. The van der Waals surface area contributed by atoms with E-state index in [0.717, 1.165) is 17.5 Å². The molecule has 0 aliphatic carbocycles. The van der Waals surface area contributed by atoms with E-state index in [2.05, 4.69) is 10.6 Å². The zero-order valence-corrected chi connectivity index (χ0v) is 18.9. The Hall–Kier alpha value is -3.75. The van der Waals surface area contributed by atoms with Crippen LogP contribution in [0.3, 0.4) is 0 Å². The fraction of sp³-hybridized carbons (Fsp3) is 0.348. The van der Waals surface area contributed by atoms with Crippen molar-refractivity contribution in [2.24, 2.45) is 0 Å². The predicted octanol–water partition coefficient (Wildman–Crippen LogP) is 2.49. The molecule has 0 aromatic heterocycles. The van der Waals surface area contributed by atoms with E-state index < -0.39 is 30.9 Å². The van der Waals surface area contributed by atoms with Gasteiger partial charge in [-0.2, -0.15) is 0 Å². The van der Waals surface area contributed by atoms with E-state index in [1.54, 1.807) is 0 Å². The summed E-state index contributed by atoms with van der Waals surface area (Å²) in [6, 6.07) is 8.65. The molecule has 0 radical (unpaired) electrons. The Kier molecular flexibility index (Phi) is 8.88. The van der Waals surface area contributed by atoms with Gasteiger partial charge in [-0.15, -0.1) is 0 Å². The highest BCUT2D eigenvalue weighted by Crippen LogP contribution is 2.38. The fourth-order valence-electron chi connectivity index (χ4n) is 3.04. The van der Waals surface area contributed by atoms with Crippen LogP contribution >= 0.6 is 0 Å². The van der Waals surface area contributed by atoms with Crippen molar-refractivity contribution in [3.8, 4) is 17.2 Å². The third kappa shape index (κ3) is 6.13. The summed E-state index contributed by atoms with van der Waals surface area (Å²) in [7, 11) is 4.32. The number of anilines is 1. The third-order valence-electron chi connectivity index (χ3n) is 4.69. The van der Waals surface area contributed by atoms with E-state index in [1.807, 2.05) is 32.0 Å². The van der Waals surface area contributed by atoms with Crippen LogP contribution < -0.4 is 24.8 Å². The second kappa shape index (κ2) is 11.6. The second-order valence-electron chi connectivity index (χ2n) is 6.77. The Morgan fingerprint density at radius 3 is 2.19 bits per heavy atom. The summed E-state index contributed by atoms with van der Waals surface area (Å²) < 4.78 is 20.6. The monoisotopic (exact) mass is 444 g/mol. The van der Waals surface area contributed by atoms with Gasteiger partial charge in [0.05, 0.1) is 21.3 Å². The molecule has 32 heavy (non-hydrogen) atoms. The summed E-state index contributed by atoms with van der Waals surface area (Å²) in [5, 5.41) is 5.21. The smallest absolute Gasteiger partial charge is 0.325 e. The molecule has 2 aromatic rings. The lowest BCUT2D eigenvalue weighted by Crippen LogP contribution is -2.32. The van der Waals surface area contributed by atoms with Crippen LogP contribution in [0.4, 0.5) is 5.69 Å². The van der Waals surface area contributed by atoms with Crippen molar-refractivity contribution in [1.29, 1.82) is 0 Å². The number of esters is 1. The molecule has 0 fully saturated rings. The molecule has 0 bridgehead atoms. The maximum absolute atomic E-state index is 12.4. The summed E-state index contributed by atoms with van der Waals surface area (Å²) in [4.78, 5) is 36.6. The number of benzene rings is 2. The number of aryl methyl sites for hydroxylation is 2. The van der Waals surface area contributed by atoms with E-state index in [0.29, 0.717) is 22.9 Å². The first kappa shape index (κ1) is 24.5. The van der Waals surface area contributed by atoms with Gasteiger partial charge in [0.1, 0.15) is 6.54 Å². The Morgan fingerprint density at radius 2 is 1.62 bits per heavy atom. The largest absolute Gasteiger partial charge is 0.493 e. The summed E-state index contributed by atoms with van der Waals surface area (Å²) in [6.07, 6.45) is 0.754. The van der Waals surface area contributed by atoms with Crippen LogP contribution in [0.1, 0.15) is 28.4 Å². The van der Waals surface area contributed by atoms with Crippen molar-refractivity contribution < 1.29 is 33.3 Å². The van der Waals surface area contributed by atoms with Gasteiger partial charge < -0.3 is 29.6 Å². The predicted molar refractivity (Wildman–Crippen MR) is 119 cm³/mol. The van der Waals surface area contributed by atoms with Crippen LogP contribution in [0.2, 0.25) is 0 Å². The van der Waals surface area contributed by atoms with Crippen LogP contribution in [-0.4, -0.2) is 52.3 Å². The molecule has 0 spiro atoms. The van der Waals surface area contributed by atoms with Gasteiger partial charge in [0, 0.05) is 11.3 Å². The first-order valence-corrected chi connectivity index (χ1v) is 9.96. The Balaban J connectivity index is 1.91.